The number of alkyl halides is 1. The van der Waals surface area contributed by atoms with Crippen LogP contribution in [0.2, 0.25) is 5.02 Å². The molecule has 0 aliphatic carbocycles. The second-order valence-corrected chi connectivity index (χ2v) is 5.88. The van der Waals surface area contributed by atoms with Crippen molar-refractivity contribution < 1.29 is 0 Å². The largest absolute Gasteiger partial charge is 0.323 e. The first-order chi connectivity index (χ1) is 10.1. The van der Waals surface area contributed by atoms with E-state index >= 15 is 0 Å². The highest BCUT2D eigenvalue weighted by Gasteiger charge is 2.13. The van der Waals surface area contributed by atoms with Gasteiger partial charge < -0.3 is 4.57 Å². The van der Waals surface area contributed by atoms with Gasteiger partial charge in [0.25, 0.3) is 0 Å². The second-order valence-electron chi connectivity index (χ2n) is 5.07. The number of fused-ring (bicyclic) bond motifs is 1. The molecule has 0 amide bonds. The highest BCUT2D eigenvalue weighted by Crippen LogP contribution is 2.23. The van der Waals surface area contributed by atoms with Crippen molar-refractivity contribution in [2.45, 2.75) is 19.9 Å². The third-order valence-corrected chi connectivity index (χ3v) is 4.20. The summed E-state index contributed by atoms with van der Waals surface area (Å²) >= 11 is 12.0. The normalized spacial score (nSPS) is 11.4. The topological polar surface area (TPSA) is 35.6 Å². The Labute approximate surface area is 133 Å². The third kappa shape index (κ3) is 2.65. The predicted octanol–water partition coefficient (Wildman–Crippen LogP) is 3.56. The maximum atomic E-state index is 6.06. The van der Waals surface area contributed by atoms with Crippen LogP contribution in [0.1, 0.15) is 17.1 Å². The summed E-state index contributed by atoms with van der Waals surface area (Å²) in [5.74, 6) is 1.52. The van der Waals surface area contributed by atoms with Crippen molar-refractivity contribution in [3.63, 3.8) is 0 Å². The van der Waals surface area contributed by atoms with Gasteiger partial charge in [0, 0.05) is 35.6 Å². The van der Waals surface area contributed by atoms with E-state index in [-0.39, 0.29) is 0 Å². The van der Waals surface area contributed by atoms with Crippen LogP contribution < -0.4 is 0 Å². The molecule has 0 aliphatic heterocycles. The number of aromatic nitrogens is 4. The molecule has 0 atom stereocenters. The quantitative estimate of drug-likeness (QED) is 0.688. The van der Waals surface area contributed by atoms with Gasteiger partial charge in [0.15, 0.2) is 0 Å². The molecule has 0 saturated carbocycles. The Morgan fingerprint density at radius 3 is 2.76 bits per heavy atom. The van der Waals surface area contributed by atoms with Crippen LogP contribution in [-0.4, -0.2) is 25.2 Å². The summed E-state index contributed by atoms with van der Waals surface area (Å²) in [4.78, 5) is 4.66. The molecule has 0 unspecified atom stereocenters. The Balaban J connectivity index is 2.10. The number of hydrogen-bond acceptors (Lipinski definition) is 2. The van der Waals surface area contributed by atoms with Crippen LogP contribution in [0.4, 0.5) is 0 Å². The fraction of sp³-hybridized carbons (Fsp3) is 0.333. The van der Waals surface area contributed by atoms with E-state index in [2.05, 4.69) is 21.6 Å². The summed E-state index contributed by atoms with van der Waals surface area (Å²) in [6, 6.07) is 5.79. The number of imidazole rings is 1. The molecule has 0 aliphatic rings. The molecule has 0 N–H and O–H groups in total. The average molecular weight is 323 g/mol. The minimum Gasteiger partial charge on any atom is -0.323 e. The molecule has 2 heterocycles. The van der Waals surface area contributed by atoms with Gasteiger partial charge in [-0.3, -0.25) is 4.68 Å². The lowest BCUT2D eigenvalue weighted by Crippen LogP contribution is -2.07. The van der Waals surface area contributed by atoms with Crippen molar-refractivity contribution in [2.75, 3.05) is 5.88 Å². The van der Waals surface area contributed by atoms with Crippen LogP contribution in [0.5, 0.6) is 0 Å². The fourth-order valence-electron chi connectivity index (χ4n) is 2.47. The Morgan fingerprint density at radius 2 is 2.10 bits per heavy atom. The summed E-state index contributed by atoms with van der Waals surface area (Å²) in [6.45, 7) is 2.81. The van der Waals surface area contributed by atoms with E-state index < -0.39 is 0 Å². The van der Waals surface area contributed by atoms with E-state index in [9.17, 15) is 0 Å². The molecule has 0 bridgehead atoms. The number of hydrogen-bond donors (Lipinski definition) is 0. The highest BCUT2D eigenvalue weighted by molar-refractivity contribution is 6.31. The number of rotatable bonds is 4. The molecular formula is C15H16Cl2N4. The number of aryl methyl sites for hydroxylation is 2. The van der Waals surface area contributed by atoms with Gasteiger partial charge in [-0.15, -0.1) is 11.6 Å². The molecule has 3 rings (SSSR count). The summed E-state index contributed by atoms with van der Waals surface area (Å²) in [6.07, 6.45) is 2.63. The summed E-state index contributed by atoms with van der Waals surface area (Å²) < 4.78 is 4.07. The monoisotopic (exact) mass is 322 g/mol. The van der Waals surface area contributed by atoms with Crippen molar-refractivity contribution in [3.8, 4) is 0 Å². The first-order valence-electron chi connectivity index (χ1n) is 6.78. The van der Waals surface area contributed by atoms with E-state index in [1.165, 1.54) is 5.56 Å². The maximum absolute atomic E-state index is 6.06. The van der Waals surface area contributed by atoms with E-state index in [1.54, 1.807) is 0 Å². The molecule has 1 aromatic carbocycles. The Kier molecular flexibility index (Phi) is 3.91. The van der Waals surface area contributed by atoms with Crippen LogP contribution in [0, 0.1) is 6.92 Å². The van der Waals surface area contributed by atoms with E-state index in [0.29, 0.717) is 10.9 Å². The number of nitrogens with zero attached hydrogens (tertiary/aromatic N) is 4. The van der Waals surface area contributed by atoms with Crippen LogP contribution >= 0.6 is 23.2 Å². The van der Waals surface area contributed by atoms with Crippen LogP contribution in [-0.2, 0) is 20.0 Å². The lowest BCUT2D eigenvalue weighted by molar-refractivity contribution is 0.724. The summed E-state index contributed by atoms with van der Waals surface area (Å²) in [5, 5.41) is 5.00. The second kappa shape index (κ2) is 5.70. The SMILES string of the molecule is Cc1c(Cn2c(CCCl)nc3cc(Cl)ccc32)cnn1C. The minimum absolute atomic E-state index is 0.545. The molecule has 2 aromatic heterocycles. The highest BCUT2D eigenvalue weighted by atomic mass is 35.5. The molecule has 0 fully saturated rings. The van der Waals surface area contributed by atoms with Crippen LogP contribution in [0.3, 0.4) is 0 Å². The van der Waals surface area contributed by atoms with Gasteiger partial charge in [-0.1, -0.05) is 11.6 Å². The van der Waals surface area contributed by atoms with Gasteiger partial charge in [0.1, 0.15) is 5.82 Å². The van der Waals surface area contributed by atoms with Crippen molar-refractivity contribution in [3.05, 3.63) is 46.5 Å². The molecular weight excluding hydrogens is 307 g/mol. The van der Waals surface area contributed by atoms with E-state index in [1.807, 2.05) is 36.1 Å². The zero-order valence-corrected chi connectivity index (χ0v) is 13.5. The first-order valence-corrected chi connectivity index (χ1v) is 7.69. The Morgan fingerprint density at radius 1 is 1.29 bits per heavy atom. The van der Waals surface area contributed by atoms with Gasteiger partial charge in [-0.2, -0.15) is 5.10 Å². The molecule has 6 heteroatoms. The van der Waals surface area contributed by atoms with Crippen molar-refractivity contribution >= 4 is 34.2 Å². The van der Waals surface area contributed by atoms with Gasteiger partial charge in [0.2, 0.25) is 0 Å². The van der Waals surface area contributed by atoms with Gasteiger partial charge in [0.05, 0.1) is 23.8 Å². The maximum Gasteiger partial charge on any atom is 0.111 e. The smallest absolute Gasteiger partial charge is 0.111 e. The lowest BCUT2D eigenvalue weighted by Gasteiger charge is -2.08. The lowest BCUT2D eigenvalue weighted by atomic mass is 10.2. The molecule has 0 radical (unpaired) electrons. The Bertz CT molecular complexity index is 788. The molecule has 3 aromatic rings. The number of halogens is 2. The molecule has 110 valence electrons. The predicted molar refractivity (Wildman–Crippen MR) is 86.2 cm³/mol. The van der Waals surface area contributed by atoms with E-state index in [0.717, 1.165) is 35.5 Å². The minimum atomic E-state index is 0.545. The van der Waals surface area contributed by atoms with Crippen molar-refractivity contribution in [2.24, 2.45) is 7.05 Å². The van der Waals surface area contributed by atoms with Crippen molar-refractivity contribution in [1.29, 1.82) is 0 Å². The fourth-order valence-corrected chi connectivity index (χ4v) is 2.81. The first kappa shape index (κ1) is 14.4. The summed E-state index contributed by atoms with van der Waals surface area (Å²) in [5.41, 5.74) is 4.32. The van der Waals surface area contributed by atoms with Gasteiger partial charge in [-0.25, -0.2) is 4.98 Å². The molecule has 0 saturated heterocycles. The molecule has 4 nitrogen and oxygen atoms in total. The van der Waals surface area contributed by atoms with Crippen LogP contribution in [0.15, 0.2) is 24.4 Å². The zero-order valence-electron chi connectivity index (χ0n) is 12.0. The van der Waals surface area contributed by atoms with Gasteiger partial charge in [-0.05, 0) is 25.1 Å². The zero-order chi connectivity index (χ0) is 15.0. The van der Waals surface area contributed by atoms with E-state index in [4.69, 9.17) is 23.2 Å². The van der Waals surface area contributed by atoms with Crippen molar-refractivity contribution in [1.82, 2.24) is 19.3 Å². The average Bonchev–Trinajstić information content (AvgIpc) is 2.94. The van der Waals surface area contributed by atoms with Crippen LogP contribution in [0.25, 0.3) is 11.0 Å². The summed E-state index contributed by atoms with van der Waals surface area (Å²) in [7, 11) is 1.95. The standard InChI is InChI=1S/C15H16Cl2N4/c1-10-11(8-18-20(10)2)9-21-14-4-3-12(17)7-13(14)19-15(21)5-6-16/h3-4,7-8H,5-6,9H2,1-2H3. The third-order valence-electron chi connectivity index (χ3n) is 3.77. The number of benzene rings is 1. The Hall–Kier alpha value is -1.52. The molecule has 21 heavy (non-hydrogen) atoms. The van der Waals surface area contributed by atoms with Gasteiger partial charge >= 0.3 is 0 Å². The molecule has 0 spiro atoms.